The number of hydrazone groups is 1. The van der Waals surface area contributed by atoms with E-state index in [-0.39, 0.29) is 18.0 Å². The number of phenolic OH excluding ortho intramolecular Hbond substituents is 1. The summed E-state index contributed by atoms with van der Waals surface area (Å²) in [6, 6.07) is 17.1. The highest BCUT2D eigenvalue weighted by Crippen LogP contribution is 2.47. The summed E-state index contributed by atoms with van der Waals surface area (Å²) in [5, 5.41) is 17.2. The molecule has 28 heavy (non-hydrogen) atoms. The zero-order chi connectivity index (χ0) is 19.1. The number of fused-ring (bicyclic) bond motifs is 3. The van der Waals surface area contributed by atoms with Crippen LogP contribution in [0.25, 0.3) is 0 Å². The monoisotopic (exact) mass is 373 g/mol. The third-order valence-electron chi connectivity index (χ3n) is 5.18. The van der Waals surface area contributed by atoms with Crippen molar-refractivity contribution in [3.63, 3.8) is 0 Å². The van der Waals surface area contributed by atoms with Gasteiger partial charge in [-0.2, -0.15) is 5.10 Å². The molecule has 0 aliphatic carbocycles. The van der Waals surface area contributed by atoms with Gasteiger partial charge in [-0.3, -0.25) is 4.98 Å². The summed E-state index contributed by atoms with van der Waals surface area (Å²) < 4.78 is 11.6. The molecule has 3 heterocycles. The van der Waals surface area contributed by atoms with Crippen LogP contribution >= 0.6 is 0 Å². The first-order valence-electron chi connectivity index (χ1n) is 9.13. The molecule has 6 heteroatoms. The molecule has 0 saturated heterocycles. The number of pyridine rings is 1. The minimum atomic E-state index is -0.376. The molecule has 0 fully saturated rings. The fourth-order valence-corrected chi connectivity index (χ4v) is 3.81. The minimum Gasteiger partial charge on any atom is -0.507 e. The van der Waals surface area contributed by atoms with Gasteiger partial charge in [0.1, 0.15) is 17.2 Å². The van der Waals surface area contributed by atoms with Gasteiger partial charge in [0, 0.05) is 35.5 Å². The molecular formula is C22H19N3O3. The van der Waals surface area contributed by atoms with E-state index in [1.807, 2.05) is 41.4 Å². The lowest BCUT2D eigenvalue weighted by atomic mass is 9.95. The molecule has 0 saturated carbocycles. The highest BCUT2D eigenvalue weighted by molar-refractivity contribution is 6.04. The lowest BCUT2D eigenvalue weighted by Crippen LogP contribution is -2.33. The first-order chi connectivity index (χ1) is 13.7. The predicted octanol–water partition coefficient (Wildman–Crippen LogP) is 4.04. The minimum absolute atomic E-state index is 0.0238. The predicted molar refractivity (Wildman–Crippen MR) is 104 cm³/mol. The number of hydrogen-bond donors (Lipinski definition) is 1. The topological polar surface area (TPSA) is 67.2 Å². The third kappa shape index (κ3) is 2.65. The van der Waals surface area contributed by atoms with E-state index < -0.39 is 0 Å². The lowest BCUT2D eigenvalue weighted by molar-refractivity contribution is -0.0192. The number of benzene rings is 2. The SMILES string of the molecule is COc1ccc(O)c(C2=NN3[C@@H](c4cccnc4)Oc4ccccc4[C@@H]3C2)c1. The molecule has 2 aliphatic heterocycles. The quantitative estimate of drug-likeness (QED) is 0.751. The van der Waals surface area contributed by atoms with Gasteiger partial charge in [-0.05, 0) is 30.3 Å². The largest absolute Gasteiger partial charge is 0.507 e. The molecule has 0 spiro atoms. The summed E-state index contributed by atoms with van der Waals surface area (Å²) in [7, 11) is 1.61. The van der Waals surface area contributed by atoms with E-state index in [2.05, 4.69) is 11.1 Å². The summed E-state index contributed by atoms with van der Waals surface area (Å²) in [6.07, 6.45) is 3.83. The molecule has 0 radical (unpaired) electrons. The number of nitrogens with zero attached hydrogens (tertiary/aromatic N) is 3. The molecule has 2 aliphatic rings. The Bertz CT molecular complexity index is 1050. The van der Waals surface area contributed by atoms with Gasteiger partial charge in [-0.1, -0.05) is 24.3 Å². The number of hydrogen-bond acceptors (Lipinski definition) is 6. The highest BCUT2D eigenvalue weighted by atomic mass is 16.5. The van der Waals surface area contributed by atoms with Gasteiger partial charge in [-0.15, -0.1) is 0 Å². The number of aromatic hydroxyl groups is 1. The summed E-state index contributed by atoms with van der Waals surface area (Å²) in [5.41, 5.74) is 3.50. The Hall–Kier alpha value is -3.54. The highest BCUT2D eigenvalue weighted by Gasteiger charge is 2.41. The Morgan fingerprint density at radius 2 is 2.04 bits per heavy atom. The van der Waals surface area contributed by atoms with Crippen LogP contribution in [0.2, 0.25) is 0 Å². The van der Waals surface area contributed by atoms with Gasteiger partial charge in [-0.25, -0.2) is 5.01 Å². The Labute approximate surface area is 162 Å². The van der Waals surface area contributed by atoms with Crippen molar-refractivity contribution >= 4 is 5.71 Å². The normalized spacial score (nSPS) is 20.0. The summed E-state index contributed by atoms with van der Waals surface area (Å²) in [4.78, 5) is 4.23. The van der Waals surface area contributed by atoms with Crippen LogP contribution in [-0.4, -0.2) is 27.9 Å². The number of ether oxygens (including phenoxy) is 2. The zero-order valence-electron chi connectivity index (χ0n) is 15.3. The van der Waals surface area contributed by atoms with Crippen molar-refractivity contribution in [2.75, 3.05) is 7.11 Å². The van der Waals surface area contributed by atoms with E-state index in [0.717, 1.165) is 22.6 Å². The Morgan fingerprint density at radius 1 is 1.14 bits per heavy atom. The van der Waals surface area contributed by atoms with Gasteiger partial charge >= 0.3 is 0 Å². The molecule has 140 valence electrons. The molecular weight excluding hydrogens is 354 g/mol. The van der Waals surface area contributed by atoms with Crippen LogP contribution in [0.3, 0.4) is 0 Å². The number of methoxy groups -OCH3 is 1. The maximum atomic E-state index is 10.4. The van der Waals surface area contributed by atoms with Crippen LogP contribution in [0.1, 0.15) is 35.4 Å². The van der Waals surface area contributed by atoms with E-state index >= 15 is 0 Å². The summed E-state index contributed by atoms with van der Waals surface area (Å²) >= 11 is 0. The van der Waals surface area contributed by atoms with Crippen LogP contribution in [0.4, 0.5) is 0 Å². The number of para-hydroxylation sites is 1. The Morgan fingerprint density at radius 3 is 2.86 bits per heavy atom. The average molecular weight is 373 g/mol. The maximum Gasteiger partial charge on any atom is 0.215 e. The second-order valence-electron chi connectivity index (χ2n) is 6.82. The van der Waals surface area contributed by atoms with Gasteiger partial charge in [0.15, 0.2) is 0 Å². The smallest absolute Gasteiger partial charge is 0.215 e. The molecule has 6 nitrogen and oxygen atoms in total. The summed E-state index contributed by atoms with van der Waals surface area (Å²) in [6.45, 7) is 0. The first-order valence-corrected chi connectivity index (χ1v) is 9.13. The van der Waals surface area contributed by atoms with Gasteiger partial charge in [0.25, 0.3) is 0 Å². The number of rotatable bonds is 3. The van der Waals surface area contributed by atoms with E-state index in [0.29, 0.717) is 17.7 Å². The van der Waals surface area contributed by atoms with Crippen molar-refractivity contribution in [2.45, 2.75) is 18.7 Å². The Balaban J connectivity index is 1.61. The standard InChI is InChI=1S/C22H19N3O3/c1-27-15-8-9-20(26)17(11-15)18-12-19-16-6-2-3-7-21(16)28-22(25(19)24-18)14-5-4-10-23-13-14/h2-11,13,19,22,26H,12H2,1H3/t19-,22+/m0/s1. The first kappa shape index (κ1) is 16.6. The Kier molecular flexibility index (Phi) is 3.90. The number of aromatic nitrogens is 1. The molecule has 2 atom stereocenters. The second-order valence-corrected chi connectivity index (χ2v) is 6.82. The van der Waals surface area contributed by atoms with Crippen LogP contribution in [-0.2, 0) is 0 Å². The molecule has 2 aromatic carbocycles. The molecule has 1 aromatic heterocycles. The van der Waals surface area contributed by atoms with Gasteiger partial charge in [0.05, 0.1) is 18.9 Å². The fourth-order valence-electron chi connectivity index (χ4n) is 3.81. The zero-order valence-corrected chi connectivity index (χ0v) is 15.3. The molecule has 1 N–H and O–H groups in total. The van der Waals surface area contributed by atoms with Crippen molar-refractivity contribution < 1.29 is 14.6 Å². The maximum absolute atomic E-state index is 10.4. The average Bonchev–Trinajstić information content (AvgIpc) is 3.19. The molecule has 0 bridgehead atoms. The van der Waals surface area contributed by atoms with Gasteiger partial charge in [0.2, 0.25) is 6.23 Å². The molecule has 3 aromatic rings. The lowest BCUT2D eigenvalue weighted by Gasteiger charge is -2.38. The molecule has 0 amide bonds. The fraction of sp³-hybridized carbons (Fsp3) is 0.182. The van der Waals surface area contributed by atoms with Crippen LogP contribution < -0.4 is 9.47 Å². The van der Waals surface area contributed by atoms with Crippen molar-refractivity contribution in [3.05, 3.63) is 83.7 Å². The van der Waals surface area contributed by atoms with Crippen molar-refractivity contribution in [3.8, 4) is 17.2 Å². The van der Waals surface area contributed by atoms with E-state index in [4.69, 9.17) is 14.6 Å². The van der Waals surface area contributed by atoms with Crippen molar-refractivity contribution in [1.82, 2.24) is 9.99 Å². The molecule has 5 rings (SSSR count). The third-order valence-corrected chi connectivity index (χ3v) is 5.18. The second kappa shape index (κ2) is 6.56. The van der Waals surface area contributed by atoms with Crippen molar-refractivity contribution in [2.24, 2.45) is 5.10 Å². The van der Waals surface area contributed by atoms with Crippen LogP contribution in [0.15, 0.2) is 72.1 Å². The van der Waals surface area contributed by atoms with Crippen LogP contribution in [0, 0.1) is 0 Å². The van der Waals surface area contributed by atoms with E-state index in [1.54, 1.807) is 31.6 Å². The van der Waals surface area contributed by atoms with E-state index in [9.17, 15) is 5.11 Å². The van der Waals surface area contributed by atoms with E-state index in [1.165, 1.54) is 0 Å². The number of phenols is 1. The molecule has 0 unspecified atom stereocenters. The van der Waals surface area contributed by atoms with Gasteiger partial charge < -0.3 is 14.6 Å². The van der Waals surface area contributed by atoms with Crippen LogP contribution in [0.5, 0.6) is 17.2 Å². The van der Waals surface area contributed by atoms with Crippen molar-refractivity contribution in [1.29, 1.82) is 0 Å². The summed E-state index contributed by atoms with van der Waals surface area (Å²) in [5.74, 6) is 1.72.